The summed E-state index contributed by atoms with van der Waals surface area (Å²) in [4.78, 5) is 11.4. The van der Waals surface area contributed by atoms with Gasteiger partial charge in [-0.05, 0) is 17.5 Å². The van der Waals surface area contributed by atoms with Crippen LogP contribution >= 0.6 is 0 Å². The molecule has 0 spiro atoms. The Hall–Kier alpha value is -1.35. The van der Waals surface area contributed by atoms with E-state index in [-0.39, 0.29) is 0 Å². The quantitative estimate of drug-likeness (QED) is 0.844. The average Bonchev–Trinajstić information content (AvgIpc) is 2.66. The van der Waals surface area contributed by atoms with Crippen molar-refractivity contribution in [1.82, 2.24) is 0 Å². The first kappa shape index (κ1) is 11.1. The third kappa shape index (κ3) is 1.83. The van der Waals surface area contributed by atoms with E-state index in [9.17, 15) is 9.90 Å². The number of fused-ring (bicyclic) bond motifs is 1. The van der Waals surface area contributed by atoms with Crippen molar-refractivity contribution in [3.63, 3.8) is 0 Å². The normalized spacial score (nSPS) is 17.1. The Morgan fingerprint density at radius 1 is 1.38 bits per heavy atom. The minimum atomic E-state index is -1.03. The standard InChI is InChI=1S/C13H16O3/c1-2-7-16-13(12(14)15)8-10-5-3-4-6-11(10)9-13/h3-6H,2,7-9H2,1H3,(H,14,15). The summed E-state index contributed by atoms with van der Waals surface area (Å²) in [6.45, 7) is 2.48. The Kier molecular flexibility index (Phi) is 2.97. The summed E-state index contributed by atoms with van der Waals surface area (Å²) in [5, 5.41) is 9.34. The molecule has 3 heteroatoms. The number of carboxylic acid groups (broad SMARTS) is 1. The first-order chi connectivity index (χ1) is 7.68. The highest BCUT2D eigenvalue weighted by Crippen LogP contribution is 2.33. The van der Waals surface area contributed by atoms with E-state index in [1.807, 2.05) is 31.2 Å². The number of hydrogen-bond acceptors (Lipinski definition) is 2. The molecule has 0 saturated carbocycles. The van der Waals surface area contributed by atoms with Crippen LogP contribution in [0.3, 0.4) is 0 Å². The van der Waals surface area contributed by atoms with Crippen LogP contribution in [0.2, 0.25) is 0 Å². The van der Waals surface area contributed by atoms with E-state index in [1.54, 1.807) is 0 Å². The lowest BCUT2D eigenvalue weighted by Crippen LogP contribution is -2.42. The van der Waals surface area contributed by atoms with Crippen molar-refractivity contribution in [2.75, 3.05) is 6.61 Å². The Balaban J connectivity index is 2.24. The topological polar surface area (TPSA) is 46.5 Å². The third-order valence-corrected chi connectivity index (χ3v) is 3.04. The first-order valence-electron chi connectivity index (χ1n) is 5.62. The van der Waals surface area contributed by atoms with Crippen LogP contribution < -0.4 is 0 Å². The van der Waals surface area contributed by atoms with Gasteiger partial charge in [0.05, 0.1) is 0 Å². The molecule has 16 heavy (non-hydrogen) atoms. The van der Waals surface area contributed by atoms with Gasteiger partial charge in [0.2, 0.25) is 0 Å². The molecule has 0 saturated heterocycles. The SMILES string of the molecule is CCCOC1(C(=O)O)Cc2ccccc2C1. The lowest BCUT2D eigenvalue weighted by molar-refractivity contribution is -0.164. The van der Waals surface area contributed by atoms with Gasteiger partial charge in [0.15, 0.2) is 5.60 Å². The molecule has 3 nitrogen and oxygen atoms in total. The fourth-order valence-corrected chi connectivity index (χ4v) is 2.19. The molecule has 0 bridgehead atoms. The van der Waals surface area contributed by atoms with Crippen LogP contribution in [0.5, 0.6) is 0 Å². The third-order valence-electron chi connectivity index (χ3n) is 3.04. The molecular weight excluding hydrogens is 204 g/mol. The molecule has 1 aromatic rings. The molecule has 0 amide bonds. The van der Waals surface area contributed by atoms with E-state index in [1.165, 1.54) is 0 Å². The Labute approximate surface area is 95.0 Å². The van der Waals surface area contributed by atoms with Gasteiger partial charge in [0.1, 0.15) is 0 Å². The van der Waals surface area contributed by atoms with E-state index >= 15 is 0 Å². The smallest absolute Gasteiger partial charge is 0.336 e. The highest BCUT2D eigenvalue weighted by Gasteiger charge is 2.44. The lowest BCUT2D eigenvalue weighted by atomic mass is 10.0. The minimum Gasteiger partial charge on any atom is -0.479 e. The van der Waals surface area contributed by atoms with Gasteiger partial charge < -0.3 is 9.84 Å². The molecule has 2 rings (SSSR count). The number of benzene rings is 1. The summed E-state index contributed by atoms with van der Waals surface area (Å²) < 4.78 is 5.58. The fraction of sp³-hybridized carbons (Fsp3) is 0.462. The van der Waals surface area contributed by atoms with E-state index in [0.29, 0.717) is 19.4 Å². The maximum atomic E-state index is 11.4. The lowest BCUT2D eigenvalue weighted by Gasteiger charge is -2.24. The van der Waals surface area contributed by atoms with Crippen molar-refractivity contribution in [1.29, 1.82) is 0 Å². The molecule has 0 aromatic heterocycles. The fourth-order valence-electron chi connectivity index (χ4n) is 2.19. The van der Waals surface area contributed by atoms with Crippen molar-refractivity contribution in [2.24, 2.45) is 0 Å². The molecule has 1 aliphatic rings. The summed E-state index contributed by atoms with van der Waals surface area (Å²) in [6.07, 6.45) is 1.81. The zero-order chi connectivity index (χ0) is 11.6. The number of hydrogen-bond donors (Lipinski definition) is 1. The van der Waals surface area contributed by atoms with Gasteiger partial charge in [-0.15, -0.1) is 0 Å². The second-order valence-corrected chi connectivity index (χ2v) is 4.27. The molecule has 0 heterocycles. The van der Waals surface area contributed by atoms with Gasteiger partial charge in [0.25, 0.3) is 0 Å². The van der Waals surface area contributed by atoms with Crippen molar-refractivity contribution in [3.05, 3.63) is 35.4 Å². The molecule has 0 fully saturated rings. The molecule has 0 atom stereocenters. The van der Waals surface area contributed by atoms with Crippen molar-refractivity contribution in [2.45, 2.75) is 31.8 Å². The Morgan fingerprint density at radius 3 is 2.38 bits per heavy atom. The predicted molar refractivity (Wildman–Crippen MR) is 60.5 cm³/mol. The molecule has 86 valence electrons. The van der Waals surface area contributed by atoms with Crippen molar-refractivity contribution in [3.8, 4) is 0 Å². The van der Waals surface area contributed by atoms with Crippen molar-refractivity contribution >= 4 is 5.97 Å². The molecule has 0 radical (unpaired) electrons. The summed E-state index contributed by atoms with van der Waals surface area (Å²) in [7, 11) is 0. The number of rotatable bonds is 4. The maximum absolute atomic E-state index is 11.4. The van der Waals surface area contributed by atoms with Crippen LogP contribution in [0.25, 0.3) is 0 Å². The van der Waals surface area contributed by atoms with Crippen LogP contribution in [-0.4, -0.2) is 23.3 Å². The van der Waals surface area contributed by atoms with Gasteiger partial charge in [0, 0.05) is 19.4 Å². The molecule has 0 unspecified atom stereocenters. The second kappa shape index (κ2) is 4.26. The highest BCUT2D eigenvalue weighted by atomic mass is 16.5. The first-order valence-corrected chi connectivity index (χ1v) is 5.62. The minimum absolute atomic E-state index is 0.485. The van der Waals surface area contributed by atoms with E-state index < -0.39 is 11.6 Å². The maximum Gasteiger partial charge on any atom is 0.336 e. The zero-order valence-corrected chi connectivity index (χ0v) is 9.40. The van der Waals surface area contributed by atoms with Gasteiger partial charge >= 0.3 is 5.97 Å². The molecule has 1 N–H and O–H groups in total. The second-order valence-electron chi connectivity index (χ2n) is 4.27. The monoisotopic (exact) mass is 220 g/mol. The average molecular weight is 220 g/mol. The van der Waals surface area contributed by atoms with Crippen LogP contribution in [0.4, 0.5) is 0 Å². The van der Waals surface area contributed by atoms with Gasteiger partial charge in [-0.25, -0.2) is 4.79 Å². The summed E-state index contributed by atoms with van der Waals surface area (Å²) in [6, 6.07) is 7.85. The Bertz CT molecular complexity index is 373. The van der Waals surface area contributed by atoms with Crippen LogP contribution in [0.1, 0.15) is 24.5 Å². The molecular formula is C13H16O3. The zero-order valence-electron chi connectivity index (χ0n) is 9.40. The highest BCUT2D eigenvalue weighted by molar-refractivity contribution is 5.80. The number of aliphatic carboxylic acids is 1. The summed E-state index contributed by atoms with van der Waals surface area (Å²) in [5.41, 5.74) is 1.17. The predicted octanol–water partition coefficient (Wildman–Crippen LogP) is 2.04. The van der Waals surface area contributed by atoms with Crippen LogP contribution in [-0.2, 0) is 22.4 Å². The van der Waals surface area contributed by atoms with E-state index in [4.69, 9.17) is 4.74 Å². The summed E-state index contributed by atoms with van der Waals surface area (Å²) in [5.74, 6) is -0.850. The molecule has 1 aliphatic carbocycles. The molecule has 1 aromatic carbocycles. The Morgan fingerprint density at radius 2 is 1.94 bits per heavy atom. The van der Waals surface area contributed by atoms with Crippen LogP contribution in [0.15, 0.2) is 24.3 Å². The molecule has 0 aliphatic heterocycles. The van der Waals surface area contributed by atoms with Gasteiger partial charge in [-0.1, -0.05) is 31.2 Å². The van der Waals surface area contributed by atoms with Crippen molar-refractivity contribution < 1.29 is 14.6 Å². The number of carbonyl (C=O) groups is 1. The van der Waals surface area contributed by atoms with Gasteiger partial charge in [-0.3, -0.25) is 0 Å². The summed E-state index contributed by atoms with van der Waals surface area (Å²) >= 11 is 0. The van der Waals surface area contributed by atoms with E-state index in [2.05, 4.69) is 0 Å². The van der Waals surface area contributed by atoms with Gasteiger partial charge in [-0.2, -0.15) is 0 Å². The van der Waals surface area contributed by atoms with E-state index in [0.717, 1.165) is 17.5 Å². The largest absolute Gasteiger partial charge is 0.479 e. The van der Waals surface area contributed by atoms with Crippen LogP contribution in [0, 0.1) is 0 Å². The number of ether oxygens (including phenoxy) is 1. The number of carboxylic acids is 1.